The van der Waals surface area contributed by atoms with Crippen molar-refractivity contribution < 1.29 is 19.4 Å². The molecular formula is C13H22N2O4. The minimum absolute atomic E-state index is 0.0334. The molecule has 2 amide bonds. The number of carbonyl (C=O) groups excluding carboxylic acids is 1. The fourth-order valence-electron chi connectivity index (χ4n) is 2.79. The first-order valence-corrected chi connectivity index (χ1v) is 6.97. The number of aliphatic carboxylic acids is 1. The van der Waals surface area contributed by atoms with Crippen LogP contribution >= 0.6 is 0 Å². The van der Waals surface area contributed by atoms with Crippen molar-refractivity contribution in [3.8, 4) is 0 Å². The Hall–Kier alpha value is -1.30. The highest BCUT2D eigenvalue weighted by Gasteiger charge is 2.35. The quantitative estimate of drug-likeness (QED) is 0.828. The molecule has 2 aliphatic heterocycles. The topological polar surface area (TPSA) is 70.1 Å². The summed E-state index contributed by atoms with van der Waals surface area (Å²) in [4.78, 5) is 26.3. The summed E-state index contributed by atoms with van der Waals surface area (Å²) in [6.07, 6.45) is 2.30. The van der Waals surface area contributed by atoms with Crippen molar-refractivity contribution in [2.45, 2.75) is 32.3 Å². The average Bonchev–Trinajstić information content (AvgIpc) is 2.33. The van der Waals surface area contributed by atoms with E-state index in [2.05, 4.69) is 0 Å². The third-order valence-corrected chi connectivity index (χ3v) is 3.74. The Bertz CT molecular complexity index is 340. The van der Waals surface area contributed by atoms with Crippen LogP contribution in [0.15, 0.2) is 0 Å². The first-order chi connectivity index (χ1) is 9.10. The van der Waals surface area contributed by atoms with Gasteiger partial charge >= 0.3 is 12.0 Å². The Morgan fingerprint density at radius 1 is 1.26 bits per heavy atom. The predicted molar refractivity (Wildman–Crippen MR) is 68.9 cm³/mol. The Morgan fingerprint density at radius 2 is 2.00 bits per heavy atom. The number of amides is 2. The fourth-order valence-corrected chi connectivity index (χ4v) is 2.79. The van der Waals surface area contributed by atoms with E-state index in [4.69, 9.17) is 9.84 Å². The molecular weight excluding hydrogens is 248 g/mol. The lowest BCUT2D eigenvalue weighted by molar-refractivity contribution is -0.139. The maximum Gasteiger partial charge on any atom is 0.320 e. The van der Waals surface area contributed by atoms with Gasteiger partial charge < -0.3 is 19.6 Å². The number of carbonyl (C=O) groups is 2. The molecule has 6 nitrogen and oxygen atoms in total. The van der Waals surface area contributed by atoms with Gasteiger partial charge in [0.1, 0.15) is 0 Å². The molecule has 19 heavy (non-hydrogen) atoms. The first-order valence-electron chi connectivity index (χ1n) is 6.97. The van der Waals surface area contributed by atoms with Crippen molar-refractivity contribution in [3.05, 3.63) is 0 Å². The number of likely N-dealkylation sites (tertiary alicyclic amines) is 2. The molecule has 6 heteroatoms. The van der Waals surface area contributed by atoms with E-state index < -0.39 is 5.97 Å². The Kier molecular flexibility index (Phi) is 4.63. The van der Waals surface area contributed by atoms with Crippen molar-refractivity contribution in [1.82, 2.24) is 9.80 Å². The van der Waals surface area contributed by atoms with E-state index in [0.717, 1.165) is 19.4 Å². The number of hydrogen-bond acceptors (Lipinski definition) is 3. The highest BCUT2D eigenvalue weighted by atomic mass is 16.5. The highest BCUT2D eigenvalue weighted by molar-refractivity contribution is 5.76. The molecule has 0 bridgehead atoms. The number of ether oxygens (including phenoxy) is 1. The first kappa shape index (κ1) is 14.1. The van der Waals surface area contributed by atoms with Crippen molar-refractivity contribution in [3.63, 3.8) is 0 Å². The van der Waals surface area contributed by atoms with E-state index in [0.29, 0.717) is 26.2 Å². The molecule has 2 fully saturated rings. The fraction of sp³-hybridized carbons (Fsp3) is 0.846. The second-order valence-corrected chi connectivity index (χ2v) is 5.32. The molecule has 0 aromatic heterocycles. The van der Waals surface area contributed by atoms with E-state index in [1.165, 1.54) is 0 Å². The van der Waals surface area contributed by atoms with Crippen LogP contribution in [0.5, 0.6) is 0 Å². The monoisotopic (exact) mass is 270 g/mol. The second kappa shape index (κ2) is 6.23. The molecule has 108 valence electrons. The molecule has 0 aliphatic carbocycles. The molecule has 2 rings (SSSR count). The zero-order chi connectivity index (χ0) is 13.8. The van der Waals surface area contributed by atoms with E-state index in [1.807, 2.05) is 11.8 Å². The number of piperidine rings is 1. The molecule has 2 heterocycles. The van der Waals surface area contributed by atoms with Crippen LogP contribution in [0.4, 0.5) is 4.79 Å². The van der Waals surface area contributed by atoms with Crippen molar-refractivity contribution in [2.75, 3.05) is 32.8 Å². The number of carboxylic acid groups (broad SMARTS) is 1. The molecule has 1 unspecified atom stereocenters. The lowest BCUT2D eigenvalue weighted by Crippen LogP contribution is -2.57. The zero-order valence-electron chi connectivity index (χ0n) is 11.4. The lowest BCUT2D eigenvalue weighted by atomic mass is 9.97. The van der Waals surface area contributed by atoms with Crippen LogP contribution in [-0.4, -0.2) is 65.8 Å². The van der Waals surface area contributed by atoms with E-state index in [-0.39, 0.29) is 24.5 Å². The Labute approximate surface area is 113 Å². The summed E-state index contributed by atoms with van der Waals surface area (Å²) in [6.45, 7) is 5.22. The van der Waals surface area contributed by atoms with Crippen LogP contribution in [-0.2, 0) is 9.53 Å². The van der Waals surface area contributed by atoms with Gasteiger partial charge in [-0.05, 0) is 19.8 Å². The normalized spacial score (nSPS) is 24.2. The third kappa shape index (κ3) is 3.59. The zero-order valence-corrected chi connectivity index (χ0v) is 11.4. The van der Waals surface area contributed by atoms with E-state index in [1.54, 1.807) is 4.90 Å². The van der Waals surface area contributed by atoms with Crippen molar-refractivity contribution >= 4 is 12.0 Å². The van der Waals surface area contributed by atoms with Crippen LogP contribution < -0.4 is 0 Å². The summed E-state index contributed by atoms with van der Waals surface area (Å²) in [7, 11) is 0. The summed E-state index contributed by atoms with van der Waals surface area (Å²) in [5.41, 5.74) is 0. The van der Waals surface area contributed by atoms with Crippen LogP contribution in [0.25, 0.3) is 0 Å². The number of urea groups is 1. The van der Waals surface area contributed by atoms with Gasteiger partial charge in [0.05, 0.1) is 12.5 Å². The maximum absolute atomic E-state index is 12.2. The van der Waals surface area contributed by atoms with Gasteiger partial charge in [-0.15, -0.1) is 0 Å². The number of rotatable bonds is 4. The summed E-state index contributed by atoms with van der Waals surface area (Å²) in [6, 6.07) is 0.0334. The minimum atomic E-state index is -0.786. The Balaban J connectivity index is 1.76. The molecule has 2 saturated heterocycles. The van der Waals surface area contributed by atoms with Crippen LogP contribution in [0, 0.1) is 5.92 Å². The number of nitrogens with zero attached hydrogens (tertiary/aromatic N) is 2. The van der Waals surface area contributed by atoms with Crippen molar-refractivity contribution in [2.24, 2.45) is 5.92 Å². The number of carboxylic acids is 1. The van der Waals surface area contributed by atoms with Gasteiger partial charge in [0.25, 0.3) is 0 Å². The summed E-state index contributed by atoms with van der Waals surface area (Å²) in [5, 5.41) is 8.69. The summed E-state index contributed by atoms with van der Waals surface area (Å²) < 4.78 is 5.58. The molecule has 0 radical (unpaired) electrons. The highest BCUT2D eigenvalue weighted by Crippen LogP contribution is 2.22. The van der Waals surface area contributed by atoms with Crippen LogP contribution in [0.3, 0.4) is 0 Å². The second-order valence-electron chi connectivity index (χ2n) is 5.32. The average molecular weight is 270 g/mol. The van der Waals surface area contributed by atoms with Gasteiger partial charge in [0.2, 0.25) is 0 Å². The van der Waals surface area contributed by atoms with Crippen molar-refractivity contribution in [1.29, 1.82) is 0 Å². The van der Waals surface area contributed by atoms with Gasteiger partial charge in [0.15, 0.2) is 0 Å². The van der Waals surface area contributed by atoms with E-state index in [9.17, 15) is 9.59 Å². The van der Waals surface area contributed by atoms with Crippen LogP contribution in [0.2, 0.25) is 0 Å². The molecule has 1 N–H and O–H groups in total. The van der Waals surface area contributed by atoms with Crippen LogP contribution in [0.1, 0.15) is 26.2 Å². The minimum Gasteiger partial charge on any atom is -0.481 e. The summed E-state index contributed by atoms with van der Waals surface area (Å²) in [5.74, 6) is -0.666. The lowest BCUT2D eigenvalue weighted by Gasteiger charge is -2.43. The smallest absolute Gasteiger partial charge is 0.320 e. The van der Waals surface area contributed by atoms with Gasteiger partial charge in [-0.3, -0.25) is 4.79 Å². The molecule has 2 aliphatic rings. The molecule has 0 aromatic rings. The molecule has 0 saturated carbocycles. The predicted octanol–water partition coefficient (Wildman–Crippen LogP) is 1.01. The largest absolute Gasteiger partial charge is 0.481 e. The Morgan fingerprint density at radius 3 is 2.63 bits per heavy atom. The van der Waals surface area contributed by atoms with Gasteiger partial charge in [-0.25, -0.2) is 4.79 Å². The van der Waals surface area contributed by atoms with Gasteiger partial charge in [-0.2, -0.15) is 0 Å². The summed E-state index contributed by atoms with van der Waals surface area (Å²) >= 11 is 0. The standard InChI is InChI=1S/C13H22N2O4/c1-2-19-11-4-3-5-14(9-11)13(18)15-7-10(8-15)6-12(16)17/h10-11H,2-9H2,1H3,(H,16,17). The van der Waals surface area contributed by atoms with Gasteiger partial charge in [-0.1, -0.05) is 0 Å². The third-order valence-electron chi connectivity index (χ3n) is 3.74. The maximum atomic E-state index is 12.2. The van der Waals surface area contributed by atoms with Gasteiger partial charge in [0, 0.05) is 38.7 Å². The molecule has 0 aromatic carbocycles. The molecule has 1 atom stereocenters. The molecule has 0 spiro atoms. The van der Waals surface area contributed by atoms with E-state index >= 15 is 0 Å². The SMILES string of the molecule is CCOC1CCCN(C(=O)N2CC(CC(=O)O)C2)C1. The number of hydrogen-bond donors (Lipinski definition) is 1.